The van der Waals surface area contributed by atoms with Gasteiger partial charge < -0.3 is 10.5 Å². The maximum absolute atomic E-state index is 8.35. The van der Waals surface area contributed by atoms with Crippen LogP contribution in [-0.2, 0) is 6.54 Å². The monoisotopic (exact) mass is 268 g/mol. The molecular weight excluding hydrogens is 256 g/mol. The van der Waals surface area contributed by atoms with E-state index < -0.39 is 0 Å². The average Bonchev–Trinajstić information content (AvgIpc) is 2.26. The first kappa shape index (κ1) is 12.0. The maximum Gasteiger partial charge on any atom is 0.119 e. The first-order valence-electron chi connectivity index (χ1n) is 4.76. The molecule has 4 heteroatoms. The molecule has 15 heavy (non-hydrogen) atoms. The Balaban J connectivity index is 2.52. The van der Waals surface area contributed by atoms with Crippen LogP contribution < -0.4 is 10.5 Å². The molecule has 0 fully saturated rings. The Hall–Kier alpha value is -1.05. The number of nitrogens with zero attached hydrogens (tertiary/aromatic N) is 1. The fourth-order valence-corrected chi connectivity index (χ4v) is 1.55. The maximum atomic E-state index is 8.35. The van der Waals surface area contributed by atoms with Gasteiger partial charge in [0.15, 0.2) is 0 Å². The van der Waals surface area contributed by atoms with Crippen LogP contribution in [0.25, 0.3) is 0 Å². The van der Waals surface area contributed by atoms with Crippen molar-refractivity contribution >= 4 is 15.9 Å². The van der Waals surface area contributed by atoms with E-state index in [0.29, 0.717) is 19.6 Å². The molecule has 0 bridgehead atoms. The molecule has 1 aromatic carbocycles. The Morgan fingerprint density at radius 3 is 2.93 bits per heavy atom. The van der Waals surface area contributed by atoms with Crippen molar-refractivity contribution in [1.82, 2.24) is 0 Å². The number of halogens is 1. The molecular formula is C11H13BrN2O. The molecule has 0 aliphatic carbocycles. The Morgan fingerprint density at radius 1 is 1.47 bits per heavy atom. The molecule has 1 rings (SSSR count). The predicted octanol–water partition coefficient (Wildman–Crippen LogP) is 2.59. The normalized spacial score (nSPS) is 9.67. The second-order valence-corrected chi connectivity index (χ2v) is 3.92. The van der Waals surface area contributed by atoms with E-state index in [9.17, 15) is 0 Å². The largest absolute Gasteiger partial charge is 0.494 e. The van der Waals surface area contributed by atoms with Gasteiger partial charge in [-0.2, -0.15) is 5.26 Å². The summed E-state index contributed by atoms with van der Waals surface area (Å²) in [5, 5.41) is 8.35. The van der Waals surface area contributed by atoms with Gasteiger partial charge in [0, 0.05) is 17.4 Å². The van der Waals surface area contributed by atoms with Crippen LogP contribution in [0.15, 0.2) is 22.7 Å². The van der Waals surface area contributed by atoms with E-state index in [1.165, 1.54) is 0 Å². The first-order chi connectivity index (χ1) is 7.27. The number of nitrogens with two attached hydrogens (primary N) is 1. The van der Waals surface area contributed by atoms with Gasteiger partial charge in [-0.25, -0.2) is 0 Å². The van der Waals surface area contributed by atoms with Crippen molar-refractivity contribution in [3.05, 3.63) is 28.2 Å². The summed E-state index contributed by atoms with van der Waals surface area (Å²) in [6.07, 6.45) is 1.28. The minimum Gasteiger partial charge on any atom is -0.494 e. The van der Waals surface area contributed by atoms with Gasteiger partial charge in [-0.15, -0.1) is 0 Å². The van der Waals surface area contributed by atoms with Crippen molar-refractivity contribution in [2.24, 2.45) is 5.73 Å². The second kappa shape index (κ2) is 6.44. The highest BCUT2D eigenvalue weighted by molar-refractivity contribution is 9.10. The van der Waals surface area contributed by atoms with Gasteiger partial charge in [-0.05, 0) is 30.2 Å². The van der Waals surface area contributed by atoms with Crippen molar-refractivity contribution in [1.29, 1.82) is 5.26 Å². The van der Waals surface area contributed by atoms with Crippen LogP contribution in [0.4, 0.5) is 0 Å². The van der Waals surface area contributed by atoms with Gasteiger partial charge in [-0.3, -0.25) is 0 Å². The van der Waals surface area contributed by atoms with Gasteiger partial charge in [0.25, 0.3) is 0 Å². The standard InChI is InChI=1S/C11H13BrN2O/c12-11-4-3-10(7-9(11)8-14)15-6-2-1-5-13/h3-4,7H,1-2,6,8,14H2. The van der Waals surface area contributed by atoms with Crippen LogP contribution in [-0.4, -0.2) is 6.61 Å². The quantitative estimate of drug-likeness (QED) is 0.836. The molecule has 3 nitrogen and oxygen atoms in total. The Bertz CT molecular complexity index is 360. The smallest absolute Gasteiger partial charge is 0.119 e. The third kappa shape index (κ3) is 3.90. The van der Waals surface area contributed by atoms with E-state index >= 15 is 0 Å². The SMILES string of the molecule is N#CCCCOc1ccc(Br)c(CN)c1. The summed E-state index contributed by atoms with van der Waals surface area (Å²) in [4.78, 5) is 0. The van der Waals surface area contributed by atoms with E-state index in [1.54, 1.807) is 0 Å². The lowest BCUT2D eigenvalue weighted by Crippen LogP contribution is -2.00. The number of rotatable bonds is 5. The van der Waals surface area contributed by atoms with Gasteiger partial charge in [0.1, 0.15) is 5.75 Å². The van der Waals surface area contributed by atoms with Crippen LogP contribution in [0.2, 0.25) is 0 Å². The number of unbranched alkanes of at least 4 members (excludes halogenated alkanes) is 1. The molecule has 0 amide bonds. The number of benzene rings is 1. The molecule has 0 radical (unpaired) electrons. The zero-order valence-corrected chi connectivity index (χ0v) is 9.96. The van der Waals surface area contributed by atoms with Crippen LogP contribution in [0.5, 0.6) is 5.75 Å². The summed E-state index contributed by atoms with van der Waals surface area (Å²) in [6, 6.07) is 7.79. The number of hydrogen-bond donors (Lipinski definition) is 1. The van der Waals surface area contributed by atoms with Crippen LogP contribution >= 0.6 is 15.9 Å². The Morgan fingerprint density at radius 2 is 2.27 bits per heavy atom. The van der Waals surface area contributed by atoms with Crippen molar-refractivity contribution in [2.75, 3.05) is 6.61 Å². The highest BCUT2D eigenvalue weighted by atomic mass is 79.9. The Labute approximate surface area is 98.0 Å². The number of hydrogen-bond acceptors (Lipinski definition) is 3. The van der Waals surface area contributed by atoms with Gasteiger partial charge in [0.05, 0.1) is 12.7 Å². The summed E-state index contributed by atoms with van der Waals surface area (Å²) in [7, 11) is 0. The van der Waals surface area contributed by atoms with Crippen molar-refractivity contribution in [3.8, 4) is 11.8 Å². The topological polar surface area (TPSA) is 59.0 Å². The molecule has 0 saturated carbocycles. The minimum absolute atomic E-state index is 0.482. The zero-order chi connectivity index (χ0) is 11.1. The summed E-state index contributed by atoms with van der Waals surface area (Å²) in [5.74, 6) is 0.802. The van der Waals surface area contributed by atoms with Crippen molar-refractivity contribution in [3.63, 3.8) is 0 Å². The molecule has 1 aromatic rings. The molecule has 0 unspecified atom stereocenters. The van der Waals surface area contributed by atoms with Crippen molar-refractivity contribution < 1.29 is 4.74 Å². The molecule has 80 valence electrons. The van der Waals surface area contributed by atoms with E-state index in [4.69, 9.17) is 15.7 Å². The van der Waals surface area contributed by atoms with Crippen LogP contribution in [0.3, 0.4) is 0 Å². The summed E-state index contributed by atoms with van der Waals surface area (Å²) in [5.41, 5.74) is 6.59. The van der Waals surface area contributed by atoms with Gasteiger partial charge in [0.2, 0.25) is 0 Å². The molecule has 0 saturated heterocycles. The highest BCUT2D eigenvalue weighted by Crippen LogP contribution is 2.22. The predicted molar refractivity (Wildman–Crippen MR) is 62.4 cm³/mol. The second-order valence-electron chi connectivity index (χ2n) is 3.07. The Kier molecular flexibility index (Phi) is 5.16. The van der Waals surface area contributed by atoms with Crippen molar-refractivity contribution in [2.45, 2.75) is 19.4 Å². The molecule has 0 aromatic heterocycles. The molecule has 0 aliphatic rings. The fourth-order valence-electron chi connectivity index (χ4n) is 1.14. The molecule has 0 atom stereocenters. The lowest BCUT2D eigenvalue weighted by molar-refractivity contribution is 0.312. The molecule has 0 heterocycles. The lowest BCUT2D eigenvalue weighted by Gasteiger charge is -2.07. The van der Waals surface area contributed by atoms with Gasteiger partial charge in [-0.1, -0.05) is 15.9 Å². The lowest BCUT2D eigenvalue weighted by atomic mass is 10.2. The zero-order valence-electron chi connectivity index (χ0n) is 8.37. The van der Waals surface area contributed by atoms with Gasteiger partial charge >= 0.3 is 0 Å². The van der Waals surface area contributed by atoms with E-state index in [2.05, 4.69) is 22.0 Å². The first-order valence-corrected chi connectivity index (χ1v) is 5.55. The third-order valence-electron chi connectivity index (χ3n) is 1.94. The highest BCUT2D eigenvalue weighted by Gasteiger charge is 2.00. The summed E-state index contributed by atoms with van der Waals surface area (Å²) in [6.45, 7) is 1.05. The third-order valence-corrected chi connectivity index (χ3v) is 2.71. The average molecular weight is 269 g/mol. The fraction of sp³-hybridized carbons (Fsp3) is 0.364. The summed E-state index contributed by atoms with van der Waals surface area (Å²) < 4.78 is 6.47. The van der Waals surface area contributed by atoms with Crippen LogP contribution in [0, 0.1) is 11.3 Å². The summed E-state index contributed by atoms with van der Waals surface area (Å²) >= 11 is 3.41. The molecule has 2 N–H and O–H groups in total. The van der Waals surface area contributed by atoms with E-state index in [1.807, 2.05) is 18.2 Å². The van der Waals surface area contributed by atoms with Crippen LogP contribution in [0.1, 0.15) is 18.4 Å². The minimum atomic E-state index is 0.482. The van der Waals surface area contributed by atoms with E-state index in [0.717, 1.165) is 22.2 Å². The molecule has 0 aliphatic heterocycles. The number of nitriles is 1. The van der Waals surface area contributed by atoms with E-state index in [-0.39, 0.29) is 0 Å². The molecule has 0 spiro atoms. The number of ether oxygens (including phenoxy) is 1.